The maximum Gasteiger partial charge on any atom is 0.163 e. The Bertz CT molecular complexity index is 472. The molecule has 0 aliphatic heterocycles. The van der Waals surface area contributed by atoms with Crippen LogP contribution < -0.4 is 0 Å². The van der Waals surface area contributed by atoms with E-state index in [2.05, 4.69) is 20.9 Å². The number of aromatic nitrogens is 1. The van der Waals surface area contributed by atoms with Gasteiger partial charge in [-0.1, -0.05) is 6.07 Å². The molecular formula is C9H5BrFNO. The summed E-state index contributed by atoms with van der Waals surface area (Å²) < 4.78 is 13.7. The fraction of sp³-hybridized carbons (Fsp3) is 0. The quantitative estimate of drug-likeness (QED) is 0.770. The molecule has 0 unspecified atom stereocenters. The molecule has 0 atom stereocenters. The lowest BCUT2D eigenvalue weighted by atomic mass is 10.2. The second kappa shape index (κ2) is 2.96. The highest BCUT2D eigenvalue weighted by Gasteiger charge is 2.06. The van der Waals surface area contributed by atoms with Gasteiger partial charge in [-0.2, -0.15) is 0 Å². The average molecular weight is 242 g/mol. The smallest absolute Gasteiger partial charge is 0.163 e. The van der Waals surface area contributed by atoms with Crippen LogP contribution in [0.2, 0.25) is 0 Å². The van der Waals surface area contributed by atoms with Crippen molar-refractivity contribution in [3.05, 3.63) is 34.7 Å². The molecule has 0 bridgehead atoms. The van der Waals surface area contributed by atoms with Crippen molar-refractivity contribution in [2.24, 2.45) is 0 Å². The van der Waals surface area contributed by atoms with Crippen molar-refractivity contribution in [3.8, 4) is 5.75 Å². The second-order valence-corrected chi connectivity index (χ2v) is 3.48. The van der Waals surface area contributed by atoms with Crippen molar-refractivity contribution in [2.45, 2.75) is 0 Å². The van der Waals surface area contributed by atoms with Gasteiger partial charge in [0.15, 0.2) is 5.82 Å². The van der Waals surface area contributed by atoms with E-state index in [9.17, 15) is 4.39 Å². The second-order valence-electron chi connectivity index (χ2n) is 2.63. The first-order chi connectivity index (χ1) is 6.18. The summed E-state index contributed by atoms with van der Waals surface area (Å²) >= 11 is 3.06. The van der Waals surface area contributed by atoms with E-state index in [1.54, 1.807) is 12.1 Å². The third-order valence-electron chi connectivity index (χ3n) is 1.73. The molecule has 0 radical (unpaired) electrons. The van der Waals surface area contributed by atoms with Gasteiger partial charge in [0.25, 0.3) is 0 Å². The van der Waals surface area contributed by atoms with Crippen LogP contribution in [0.15, 0.2) is 28.9 Å². The van der Waals surface area contributed by atoms with E-state index >= 15 is 0 Å². The Labute approximate surface area is 82.2 Å². The minimum Gasteiger partial charge on any atom is -0.506 e. The lowest BCUT2D eigenvalue weighted by Gasteiger charge is -2.00. The fourth-order valence-corrected chi connectivity index (χ4v) is 1.45. The molecule has 0 aliphatic carbocycles. The molecule has 2 nitrogen and oxygen atoms in total. The zero-order valence-corrected chi connectivity index (χ0v) is 8.05. The molecule has 13 heavy (non-hydrogen) atoms. The molecule has 1 N–H and O–H groups in total. The first kappa shape index (κ1) is 8.44. The Morgan fingerprint density at radius 3 is 2.92 bits per heavy atom. The summed E-state index contributed by atoms with van der Waals surface area (Å²) in [7, 11) is 0. The maximum atomic E-state index is 13.3. The topological polar surface area (TPSA) is 33.1 Å². The summed E-state index contributed by atoms with van der Waals surface area (Å²) in [4.78, 5) is 3.79. The normalized spacial score (nSPS) is 10.6. The monoisotopic (exact) mass is 241 g/mol. The van der Waals surface area contributed by atoms with Crippen LogP contribution in [0.25, 0.3) is 10.9 Å². The van der Waals surface area contributed by atoms with E-state index in [0.29, 0.717) is 9.86 Å². The lowest BCUT2D eigenvalue weighted by Crippen LogP contribution is -1.85. The zero-order valence-electron chi connectivity index (χ0n) is 6.46. The van der Waals surface area contributed by atoms with E-state index in [1.807, 2.05) is 0 Å². The number of benzene rings is 1. The predicted octanol–water partition coefficient (Wildman–Crippen LogP) is 2.84. The van der Waals surface area contributed by atoms with Gasteiger partial charge in [-0.3, -0.25) is 0 Å². The SMILES string of the molecule is Oc1cnc2c(F)c(Br)ccc2c1. The molecule has 1 aromatic carbocycles. The summed E-state index contributed by atoms with van der Waals surface area (Å²) in [5, 5.41) is 9.68. The molecule has 0 saturated heterocycles. The lowest BCUT2D eigenvalue weighted by molar-refractivity contribution is 0.473. The molecule has 1 aromatic heterocycles. The predicted molar refractivity (Wildman–Crippen MR) is 51.1 cm³/mol. The van der Waals surface area contributed by atoms with Gasteiger partial charge in [0, 0.05) is 5.39 Å². The van der Waals surface area contributed by atoms with Gasteiger partial charge in [0.1, 0.15) is 11.3 Å². The zero-order chi connectivity index (χ0) is 9.42. The van der Waals surface area contributed by atoms with Crippen molar-refractivity contribution >= 4 is 26.8 Å². The largest absolute Gasteiger partial charge is 0.506 e. The van der Waals surface area contributed by atoms with Gasteiger partial charge in [0.05, 0.1) is 10.7 Å². The van der Waals surface area contributed by atoms with Crippen LogP contribution in [-0.2, 0) is 0 Å². The van der Waals surface area contributed by atoms with Crippen LogP contribution in [0.4, 0.5) is 4.39 Å². The maximum absolute atomic E-state index is 13.3. The highest BCUT2D eigenvalue weighted by atomic mass is 79.9. The van der Waals surface area contributed by atoms with E-state index in [0.717, 1.165) is 0 Å². The van der Waals surface area contributed by atoms with Crippen LogP contribution in [-0.4, -0.2) is 10.1 Å². The highest BCUT2D eigenvalue weighted by molar-refractivity contribution is 9.10. The summed E-state index contributed by atoms with van der Waals surface area (Å²) in [6, 6.07) is 4.74. The number of pyridine rings is 1. The van der Waals surface area contributed by atoms with Crippen LogP contribution >= 0.6 is 15.9 Å². The Morgan fingerprint density at radius 2 is 2.15 bits per heavy atom. The van der Waals surface area contributed by atoms with Crippen molar-refractivity contribution in [2.75, 3.05) is 0 Å². The molecule has 0 aliphatic rings. The van der Waals surface area contributed by atoms with Gasteiger partial charge in [0.2, 0.25) is 0 Å². The van der Waals surface area contributed by atoms with Crippen LogP contribution in [0.5, 0.6) is 5.75 Å². The van der Waals surface area contributed by atoms with Gasteiger partial charge in [-0.15, -0.1) is 0 Å². The van der Waals surface area contributed by atoms with Crippen molar-refractivity contribution in [1.82, 2.24) is 4.98 Å². The van der Waals surface area contributed by atoms with Crippen molar-refractivity contribution in [3.63, 3.8) is 0 Å². The Hall–Kier alpha value is -1.16. The molecule has 1 heterocycles. The molecule has 4 heteroatoms. The molecule has 0 saturated carbocycles. The number of halogens is 2. The van der Waals surface area contributed by atoms with E-state index < -0.39 is 5.82 Å². The number of nitrogens with zero attached hydrogens (tertiary/aromatic N) is 1. The first-order valence-electron chi connectivity index (χ1n) is 3.61. The molecular weight excluding hydrogens is 237 g/mol. The summed E-state index contributed by atoms with van der Waals surface area (Å²) in [5.41, 5.74) is 0.257. The molecule has 0 fully saturated rings. The fourth-order valence-electron chi connectivity index (χ4n) is 1.13. The molecule has 2 aromatic rings. The third-order valence-corrected chi connectivity index (χ3v) is 2.34. The molecule has 0 spiro atoms. The van der Waals surface area contributed by atoms with Crippen LogP contribution in [0.1, 0.15) is 0 Å². The van der Waals surface area contributed by atoms with Crippen molar-refractivity contribution in [1.29, 1.82) is 0 Å². The molecule has 0 amide bonds. The number of aromatic hydroxyl groups is 1. The Balaban J connectivity index is 2.87. The minimum absolute atomic E-state index is 0.0363. The summed E-state index contributed by atoms with van der Waals surface area (Å²) in [6.07, 6.45) is 1.22. The Kier molecular flexibility index (Phi) is 1.92. The number of hydrogen-bond acceptors (Lipinski definition) is 2. The Morgan fingerprint density at radius 1 is 1.38 bits per heavy atom. The standard InChI is InChI=1S/C9H5BrFNO/c10-7-2-1-5-3-6(13)4-12-9(5)8(7)11/h1-4,13H. The summed E-state index contributed by atoms with van der Waals surface area (Å²) in [6.45, 7) is 0. The van der Waals surface area contributed by atoms with E-state index in [-0.39, 0.29) is 11.3 Å². The van der Waals surface area contributed by atoms with Gasteiger partial charge >= 0.3 is 0 Å². The van der Waals surface area contributed by atoms with E-state index in [1.165, 1.54) is 12.3 Å². The third kappa shape index (κ3) is 1.37. The summed E-state index contributed by atoms with van der Waals surface area (Å²) in [5.74, 6) is -0.369. The minimum atomic E-state index is -0.405. The number of hydrogen-bond donors (Lipinski definition) is 1. The number of fused-ring (bicyclic) bond motifs is 1. The van der Waals surface area contributed by atoms with Crippen LogP contribution in [0.3, 0.4) is 0 Å². The van der Waals surface area contributed by atoms with Gasteiger partial charge in [-0.05, 0) is 28.1 Å². The van der Waals surface area contributed by atoms with Gasteiger partial charge < -0.3 is 5.11 Å². The number of rotatable bonds is 0. The van der Waals surface area contributed by atoms with Crippen LogP contribution in [0, 0.1) is 5.82 Å². The first-order valence-corrected chi connectivity index (χ1v) is 4.40. The van der Waals surface area contributed by atoms with Crippen molar-refractivity contribution < 1.29 is 9.50 Å². The van der Waals surface area contributed by atoms with E-state index in [4.69, 9.17) is 5.11 Å². The molecule has 2 rings (SSSR count). The average Bonchev–Trinajstić information content (AvgIpc) is 2.12. The highest BCUT2D eigenvalue weighted by Crippen LogP contribution is 2.25. The molecule has 66 valence electrons. The van der Waals surface area contributed by atoms with Gasteiger partial charge in [-0.25, -0.2) is 9.37 Å².